The molecule has 5 heteroatoms. The van der Waals surface area contributed by atoms with E-state index in [0.29, 0.717) is 11.1 Å². The lowest BCUT2D eigenvalue weighted by Crippen LogP contribution is -2.05. The van der Waals surface area contributed by atoms with Crippen LogP contribution in [-0.2, 0) is 12.8 Å². The summed E-state index contributed by atoms with van der Waals surface area (Å²) >= 11 is 0. The number of hydrogen-bond donors (Lipinski definition) is 1. The number of alkyl halides is 3. The number of aryl methyl sites for hydroxylation is 1. The number of aliphatic hydroxyl groups is 1. The Morgan fingerprint density at radius 3 is 2.62 bits per heavy atom. The molecular formula is C11H10F3NO. The van der Waals surface area contributed by atoms with Crippen LogP contribution in [0, 0.1) is 6.92 Å². The third kappa shape index (κ3) is 1.57. The third-order valence-electron chi connectivity index (χ3n) is 2.63. The summed E-state index contributed by atoms with van der Waals surface area (Å²) in [5.74, 6) is 0. The normalized spacial score (nSPS) is 12.3. The minimum Gasteiger partial charge on any atom is -0.392 e. The molecule has 0 saturated heterocycles. The van der Waals surface area contributed by atoms with Crippen LogP contribution in [-0.4, -0.2) is 9.51 Å². The molecule has 0 saturated carbocycles. The van der Waals surface area contributed by atoms with Crippen molar-refractivity contribution >= 4 is 5.52 Å². The molecule has 2 heterocycles. The Hall–Kier alpha value is -1.49. The molecule has 0 fully saturated rings. The number of hydrogen-bond acceptors (Lipinski definition) is 1. The number of aromatic nitrogens is 1. The summed E-state index contributed by atoms with van der Waals surface area (Å²) in [6.45, 7) is 1.14. The van der Waals surface area contributed by atoms with Crippen molar-refractivity contribution in [2.75, 3.05) is 0 Å². The number of aliphatic hydroxyl groups excluding tert-OH is 1. The first-order valence-corrected chi connectivity index (χ1v) is 4.72. The lowest BCUT2D eigenvalue weighted by Gasteiger charge is -2.05. The molecule has 0 aliphatic heterocycles. The molecule has 0 aliphatic rings. The average molecular weight is 229 g/mol. The van der Waals surface area contributed by atoms with Gasteiger partial charge < -0.3 is 9.51 Å². The highest BCUT2D eigenvalue weighted by Gasteiger charge is 2.34. The van der Waals surface area contributed by atoms with Crippen molar-refractivity contribution in [1.82, 2.24) is 4.40 Å². The Kier molecular flexibility index (Phi) is 2.42. The van der Waals surface area contributed by atoms with E-state index < -0.39 is 11.7 Å². The van der Waals surface area contributed by atoms with Crippen molar-refractivity contribution in [3.8, 4) is 0 Å². The molecule has 2 rings (SSSR count). The molecule has 2 aromatic heterocycles. The van der Waals surface area contributed by atoms with Crippen LogP contribution in [0.4, 0.5) is 13.2 Å². The summed E-state index contributed by atoms with van der Waals surface area (Å²) in [6.07, 6.45) is -2.80. The fraction of sp³-hybridized carbons (Fsp3) is 0.273. The van der Waals surface area contributed by atoms with Gasteiger partial charge in [-0.05, 0) is 19.1 Å². The molecule has 2 nitrogen and oxygen atoms in total. The van der Waals surface area contributed by atoms with E-state index in [2.05, 4.69) is 0 Å². The first-order chi connectivity index (χ1) is 7.45. The van der Waals surface area contributed by atoms with E-state index in [4.69, 9.17) is 5.11 Å². The van der Waals surface area contributed by atoms with E-state index >= 15 is 0 Å². The highest BCUT2D eigenvalue weighted by Crippen LogP contribution is 2.34. The minimum absolute atomic E-state index is 0.137. The van der Waals surface area contributed by atoms with Crippen molar-refractivity contribution < 1.29 is 18.3 Å². The van der Waals surface area contributed by atoms with E-state index in [-0.39, 0.29) is 12.3 Å². The highest BCUT2D eigenvalue weighted by atomic mass is 19.4. The van der Waals surface area contributed by atoms with Crippen LogP contribution in [0.2, 0.25) is 0 Å². The summed E-state index contributed by atoms with van der Waals surface area (Å²) in [7, 11) is 0. The van der Waals surface area contributed by atoms with Gasteiger partial charge in [0.1, 0.15) is 0 Å². The van der Waals surface area contributed by atoms with Crippen molar-refractivity contribution in [2.45, 2.75) is 19.7 Å². The molecule has 1 N–H and O–H groups in total. The molecule has 0 atom stereocenters. The fourth-order valence-corrected chi connectivity index (χ4v) is 1.81. The summed E-state index contributed by atoms with van der Waals surface area (Å²) in [4.78, 5) is 0. The molecular weight excluding hydrogens is 219 g/mol. The molecule has 0 aliphatic carbocycles. The minimum atomic E-state index is -4.36. The largest absolute Gasteiger partial charge is 0.418 e. The smallest absolute Gasteiger partial charge is 0.392 e. The van der Waals surface area contributed by atoms with E-state index in [1.807, 2.05) is 0 Å². The first-order valence-electron chi connectivity index (χ1n) is 4.72. The number of rotatable bonds is 1. The van der Waals surface area contributed by atoms with E-state index in [0.717, 1.165) is 6.07 Å². The second kappa shape index (κ2) is 3.52. The molecule has 0 aromatic carbocycles. The zero-order valence-corrected chi connectivity index (χ0v) is 8.54. The van der Waals surface area contributed by atoms with Gasteiger partial charge in [-0.2, -0.15) is 13.2 Å². The van der Waals surface area contributed by atoms with Crippen LogP contribution in [0.1, 0.15) is 16.8 Å². The maximum atomic E-state index is 12.6. The van der Waals surface area contributed by atoms with Crippen LogP contribution in [0.15, 0.2) is 24.4 Å². The number of pyridine rings is 1. The van der Waals surface area contributed by atoms with Crippen molar-refractivity contribution in [3.63, 3.8) is 0 Å². The Morgan fingerprint density at radius 2 is 2.06 bits per heavy atom. The average Bonchev–Trinajstić information content (AvgIpc) is 2.56. The Bertz CT molecular complexity index is 528. The third-order valence-corrected chi connectivity index (χ3v) is 2.63. The second-order valence-electron chi connectivity index (χ2n) is 3.59. The van der Waals surface area contributed by atoms with Gasteiger partial charge in [-0.3, -0.25) is 0 Å². The molecule has 0 radical (unpaired) electrons. The van der Waals surface area contributed by atoms with E-state index in [1.165, 1.54) is 11.3 Å². The van der Waals surface area contributed by atoms with Gasteiger partial charge in [0.15, 0.2) is 0 Å². The van der Waals surface area contributed by atoms with Gasteiger partial charge in [0, 0.05) is 17.5 Å². The lowest BCUT2D eigenvalue weighted by atomic mass is 10.2. The standard InChI is InChI=1S/C11H10F3NO/c1-7-9(11(12,13)14)5-10-8(6-16)3-2-4-15(7)10/h2-5,16H,6H2,1H3. The maximum absolute atomic E-state index is 12.6. The number of nitrogens with zero attached hydrogens (tertiary/aromatic N) is 1. The molecule has 0 spiro atoms. The molecule has 0 amide bonds. The van der Waals surface area contributed by atoms with Gasteiger partial charge in [0.05, 0.1) is 17.7 Å². The van der Waals surface area contributed by atoms with Crippen LogP contribution < -0.4 is 0 Å². The SMILES string of the molecule is Cc1c(C(F)(F)F)cc2c(CO)cccn12. The fourth-order valence-electron chi connectivity index (χ4n) is 1.81. The molecule has 0 unspecified atom stereocenters. The van der Waals surface area contributed by atoms with Crippen LogP contribution in [0.3, 0.4) is 0 Å². The summed E-state index contributed by atoms with van der Waals surface area (Å²) in [5, 5.41) is 9.04. The predicted molar refractivity (Wildman–Crippen MR) is 53.1 cm³/mol. The highest BCUT2D eigenvalue weighted by molar-refractivity contribution is 5.59. The zero-order chi connectivity index (χ0) is 11.9. The Morgan fingerprint density at radius 1 is 1.38 bits per heavy atom. The van der Waals surface area contributed by atoms with Crippen LogP contribution >= 0.6 is 0 Å². The van der Waals surface area contributed by atoms with Gasteiger partial charge in [-0.15, -0.1) is 0 Å². The molecule has 16 heavy (non-hydrogen) atoms. The summed E-state index contributed by atoms with van der Waals surface area (Å²) in [6, 6.07) is 4.29. The second-order valence-corrected chi connectivity index (χ2v) is 3.59. The van der Waals surface area contributed by atoms with Crippen molar-refractivity contribution in [1.29, 1.82) is 0 Å². The first kappa shape index (κ1) is 11.0. The predicted octanol–water partition coefficient (Wildman–Crippen LogP) is 2.76. The van der Waals surface area contributed by atoms with E-state index in [1.54, 1.807) is 18.3 Å². The van der Waals surface area contributed by atoms with Crippen LogP contribution in [0.25, 0.3) is 5.52 Å². The van der Waals surface area contributed by atoms with E-state index in [9.17, 15) is 13.2 Å². The Labute approximate surface area is 89.9 Å². The van der Waals surface area contributed by atoms with Gasteiger partial charge in [0.2, 0.25) is 0 Å². The van der Waals surface area contributed by atoms with Gasteiger partial charge in [0.25, 0.3) is 0 Å². The van der Waals surface area contributed by atoms with Gasteiger partial charge in [-0.25, -0.2) is 0 Å². The van der Waals surface area contributed by atoms with Crippen molar-refractivity contribution in [2.24, 2.45) is 0 Å². The number of halogens is 3. The lowest BCUT2D eigenvalue weighted by molar-refractivity contribution is -0.137. The molecule has 0 bridgehead atoms. The van der Waals surface area contributed by atoms with Gasteiger partial charge >= 0.3 is 6.18 Å². The maximum Gasteiger partial charge on any atom is 0.418 e. The quantitative estimate of drug-likeness (QED) is 0.799. The van der Waals surface area contributed by atoms with Gasteiger partial charge in [-0.1, -0.05) is 6.07 Å². The zero-order valence-electron chi connectivity index (χ0n) is 8.54. The summed E-state index contributed by atoms with van der Waals surface area (Å²) < 4.78 is 39.4. The summed E-state index contributed by atoms with van der Waals surface area (Å²) in [5.41, 5.74) is 0.363. The van der Waals surface area contributed by atoms with Crippen LogP contribution in [0.5, 0.6) is 0 Å². The Balaban J connectivity index is 2.77. The monoisotopic (exact) mass is 229 g/mol. The molecule has 2 aromatic rings. The number of fused-ring (bicyclic) bond motifs is 1. The van der Waals surface area contributed by atoms with Crippen molar-refractivity contribution in [3.05, 3.63) is 41.2 Å². The topological polar surface area (TPSA) is 24.6 Å². The molecule has 86 valence electrons.